The van der Waals surface area contributed by atoms with Gasteiger partial charge in [0.1, 0.15) is 5.60 Å². The summed E-state index contributed by atoms with van der Waals surface area (Å²) in [5.41, 5.74) is 0.287. The lowest BCUT2D eigenvalue weighted by Gasteiger charge is -2.34. The van der Waals surface area contributed by atoms with Crippen LogP contribution in [0.4, 0.5) is 4.79 Å². The first-order chi connectivity index (χ1) is 16.0. The van der Waals surface area contributed by atoms with Gasteiger partial charge in [0.25, 0.3) is 0 Å². The number of rotatable bonds is 9. The molecule has 0 aliphatic heterocycles. The van der Waals surface area contributed by atoms with E-state index in [1.807, 2.05) is 30.3 Å². The molecule has 5 atom stereocenters. The first-order valence-electron chi connectivity index (χ1n) is 11.6. The van der Waals surface area contributed by atoms with Crippen molar-refractivity contribution in [2.45, 2.75) is 70.2 Å². The molecular formula is C25H38N2O7. The molecule has 0 radical (unpaired) electrons. The molecule has 2 rings (SSSR count). The Balaban J connectivity index is 2.06. The van der Waals surface area contributed by atoms with Crippen molar-refractivity contribution in [3.63, 3.8) is 0 Å². The smallest absolute Gasteiger partial charge is 0.407 e. The van der Waals surface area contributed by atoms with Crippen LogP contribution in [0.15, 0.2) is 30.3 Å². The second kappa shape index (κ2) is 12.7. The number of benzene rings is 1. The number of hydrogen-bond donors (Lipinski definition) is 3. The third-order valence-electron chi connectivity index (χ3n) is 5.86. The quantitative estimate of drug-likeness (QED) is 0.365. The number of esters is 2. The summed E-state index contributed by atoms with van der Waals surface area (Å²) in [6.45, 7) is 5.47. The standard InChI is InChI=1S/C25H38N2O7/c1-25(2,3)34-24(31)27-20(11-16-9-7-6-8-10-16)21(28)15-26-19-13-17(22(29)32-4)12-18(14-19)23(30)33-5/h6-10,17-21,26,28H,11-15H2,1-5H3,(H,27,31)/t17-,18+,19?,20-,21+/m0/s1. The van der Waals surface area contributed by atoms with Gasteiger partial charge in [-0.15, -0.1) is 0 Å². The van der Waals surface area contributed by atoms with E-state index in [9.17, 15) is 19.5 Å². The third-order valence-corrected chi connectivity index (χ3v) is 5.86. The van der Waals surface area contributed by atoms with E-state index in [4.69, 9.17) is 14.2 Å². The van der Waals surface area contributed by atoms with Crippen LogP contribution >= 0.6 is 0 Å². The van der Waals surface area contributed by atoms with E-state index >= 15 is 0 Å². The van der Waals surface area contributed by atoms with Crippen molar-refractivity contribution >= 4 is 18.0 Å². The Labute approximate surface area is 201 Å². The summed E-state index contributed by atoms with van der Waals surface area (Å²) in [6.07, 6.45) is 0.190. The summed E-state index contributed by atoms with van der Waals surface area (Å²) < 4.78 is 15.1. The maximum absolute atomic E-state index is 12.4. The topological polar surface area (TPSA) is 123 Å². The zero-order valence-electron chi connectivity index (χ0n) is 20.7. The van der Waals surface area contributed by atoms with Gasteiger partial charge in [-0.2, -0.15) is 0 Å². The predicted molar refractivity (Wildman–Crippen MR) is 126 cm³/mol. The molecule has 34 heavy (non-hydrogen) atoms. The normalized spacial score (nSPS) is 22.2. The van der Waals surface area contributed by atoms with Gasteiger partial charge in [-0.25, -0.2) is 4.79 Å². The van der Waals surface area contributed by atoms with Crippen molar-refractivity contribution in [3.05, 3.63) is 35.9 Å². The second-order valence-corrected chi connectivity index (χ2v) is 9.76. The van der Waals surface area contributed by atoms with E-state index in [-0.39, 0.29) is 24.5 Å². The fourth-order valence-electron chi connectivity index (χ4n) is 4.24. The number of nitrogens with one attached hydrogen (secondary N) is 2. The van der Waals surface area contributed by atoms with Gasteiger partial charge in [0, 0.05) is 12.6 Å². The van der Waals surface area contributed by atoms with E-state index in [0.29, 0.717) is 25.7 Å². The van der Waals surface area contributed by atoms with Crippen molar-refractivity contribution in [1.82, 2.24) is 10.6 Å². The number of aliphatic hydroxyl groups is 1. The minimum absolute atomic E-state index is 0.153. The molecule has 1 saturated carbocycles. The first kappa shape index (κ1) is 27.6. The van der Waals surface area contributed by atoms with Gasteiger partial charge >= 0.3 is 18.0 Å². The van der Waals surface area contributed by atoms with E-state index in [1.165, 1.54) is 14.2 Å². The molecule has 1 aromatic carbocycles. The third kappa shape index (κ3) is 8.95. The van der Waals surface area contributed by atoms with E-state index in [0.717, 1.165) is 5.56 Å². The molecule has 1 fully saturated rings. The van der Waals surface area contributed by atoms with Gasteiger partial charge in [-0.05, 0) is 52.0 Å². The zero-order valence-corrected chi connectivity index (χ0v) is 20.7. The lowest BCUT2D eigenvalue weighted by Crippen LogP contribution is -2.52. The van der Waals surface area contributed by atoms with Crippen LogP contribution in [-0.4, -0.2) is 67.7 Å². The van der Waals surface area contributed by atoms with Gasteiger partial charge < -0.3 is 30.0 Å². The molecule has 1 aromatic rings. The van der Waals surface area contributed by atoms with Crippen molar-refractivity contribution in [3.8, 4) is 0 Å². The molecule has 9 heteroatoms. The number of methoxy groups -OCH3 is 2. The summed E-state index contributed by atoms with van der Waals surface area (Å²) in [6, 6.07) is 8.73. The Morgan fingerprint density at radius 3 is 2.06 bits per heavy atom. The highest BCUT2D eigenvalue weighted by Crippen LogP contribution is 2.31. The Kier molecular flexibility index (Phi) is 10.3. The van der Waals surface area contributed by atoms with Crippen LogP contribution < -0.4 is 10.6 Å². The molecule has 9 nitrogen and oxygen atoms in total. The molecule has 0 spiro atoms. The van der Waals surface area contributed by atoms with Gasteiger partial charge in [-0.3, -0.25) is 9.59 Å². The Bertz CT molecular complexity index is 785. The van der Waals surface area contributed by atoms with Gasteiger partial charge in [0.2, 0.25) is 0 Å². The highest BCUT2D eigenvalue weighted by molar-refractivity contribution is 5.76. The maximum Gasteiger partial charge on any atom is 0.407 e. The van der Waals surface area contributed by atoms with Gasteiger partial charge in [0.05, 0.1) is 38.2 Å². The highest BCUT2D eigenvalue weighted by atomic mass is 16.6. The number of carbonyl (C=O) groups is 3. The summed E-state index contributed by atoms with van der Waals surface area (Å²) in [4.78, 5) is 36.7. The van der Waals surface area contributed by atoms with Crippen LogP contribution in [0.25, 0.3) is 0 Å². The maximum atomic E-state index is 12.4. The van der Waals surface area contributed by atoms with Gasteiger partial charge in [0.15, 0.2) is 0 Å². The van der Waals surface area contributed by atoms with Crippen LogP contribution in [0.5, 0.6) is 0 Å². The second-order valence-electron chi connectivity index (χ2n) is 9.76. The fraction of sp³-hybridized carbons (Fsp3) is 0.640. The van der Waals surface area contributed by atoms with Crippen molar-refractivity contribution in [1.29, 1.82) is 0 Å². The monoisotopic (exact) mass is 478 g/mol. The number of ether oxygens (including phenoxy) is 3. The summed E-state index contributed by atoms with van der Waals surface area (Å²) in [7, 11) is 2.65. The van der Waals surface area contributed by atoms with Crippen LogP contribution in [-0.2, 0) is 30.2 Å². The lowest BCUT2D eigenvalue weighted by molar-refractivity contribution is -0.152. The number of aliphatic hydroxyl groups excluding tert-OH is 1. The van der Waals surface area contributed by atoms with Crippen molar-refractivity contribution in [2.24, 2.45) is 11.8 Å². The Hall–Kier alpha value is -2.65. The number of amides is 1. The molecule has 1 aliphatic carbocycles. The summed E-state index contributed by atoms with van der Waals surface area (Å²) in [5, 5.41) is 17.0. The molecule has 0 saturated heterocycles. The van der Waals surface area contributed by atoms with Gasteiger partial charge in [-0.1, -0.05) is 30.3 Å². The summed E-state index contributed by atoms with van der Waals surface area (Å²) >= 11 is 0. The predicted octanol–water partition coefficient (Wildman–Crippen LogP) is 2.20. The number of hydrogen-bond acceptors (Lipinski definition) is 8. The van der Waals surface area contributed by atoms with Crippen LogP contribution in [0.1, 0.15) is 45.6 Å². The Morgan fingerprint density at radius 1 is 1.00 bits per heavy atom. The van der Waals surface area contributed by atoms with Crippen LogP contribution in [0.2, 0.25) is 0 Å². The zero-order chi connectivity index (χ0) is 25.3. The molecule has 3 N–H and O–H groups in total. The molecule has 1 unspecified atom stereocenters. The Morgan fingerprint density at radius 2 is 1.56 bits per heavy atom. The average Bonchev–Trinajstić information content (AvgIpc) is 2.80. The number of alkyl carbamates (subject to hydrolysis) is 1. The number of carbonyl (C=O) groups excluding carboxylic acids is 3. The molecule has 0 heterocycles. The molecule has 1 aliphatic rings. The fourth-order valence-corrected chi connectivity index (χ4v) is 4.24. The molecule has 0 bridgehead atoms. The minimum Gasteiger partial charge on any atom is -0.469 e. The van der Waals surface area contributed by atoms with E-state index in [1.54, 1.807) is 20.8 Å². The molecule has 1 amide bonds. The first-order valence-corrected chi connectivity index (χ1v) is 11.6. The minimum atomic E-state index is -0.942. The van der Waals surface area contributed by atoms with Crippen molar-refractivity contribution < 1.29 is 33.7 Å². The van der Waals surface area contributed by atoms with Crippen LogP contribution in [0, 0.1) is 11.8 Å². The SMILES string of the molecule is COC(=O)[C@@H]1CC(NC[C@@H](O)[C@H](Cc2ccccc2)NC(=O)OC(C)(C)C)C[C@H](C(=O)OC)C1. The average molecular weight is 479 g/mol. The highest BCUT2D eigenvalue weighted by Gasteiger charge is 2.37. The van der Waals surface area contributed by atoms with Crippen molar-refractivity contribution in [2.75, 3.05) is 20.8 Å². The summed E-state index contributed by atoms with van der Waals surface area (Å²) in [5.74, 6) is -1.60. The lowest BCUT2D eigenvalue weighted by atomic mass is 9.78. The van der Waals surface area contributed by atoms with E-state index in [2.05, 4.69) is 10.6 Å². The van der Waals surface area contributed by atoms with E-state index < -0.39 is 35.7 Å². The molecule has 190 valence electrons. The van der Waals surface area contributed by atoms with Crippen LogP contribution in [0.3, 0.4) is 0 Å². The largest absolute Gasteiger partial charge is 0.469 e. The molecular weight excluding hydrogens is 440 g/mol. The molecule has 0 aromatic heterocycles.